The van der Waals surface area contributed by atoms with Crippen molar-refractivity contribution in [3.63, 3.8) is 0 Å². The number of nitrogens with one attached hydrogen (secondary N) is 2. The van der Waals surface area contributed by atoms with E-state index in [1.807, 2.05) is 17.4 Å². The molecule has 0 amide bonds. The fourth-order valence-electron chi connectivity index (χ4n) is 8.81. The number of nitrogens with zero attached hydrogens (tertiary/aromatic N) is 2. The van der Waals surface area contributed by atoms with Gasteiger partial charge in [0.2, 0.25) is 0 Å². The standard InChI is InChI=1S/C51H34N4OS/c1-3-13-31(14-4-1)49-52-50(32-15-5-2-6-16-32)54-51(53-49)34-25-27-38-40-21-11-19-35(48(40)57-46(38)30-34)33-26-28-45-41(29-33)39-20-12-24-44(47(39)56-45)55-42-22-9-7-17-36(42)37-18-8-10-23-43(37)55/h1-30,49-50,52H,(H,53,54). The van der Waals surface area contributed by atoms with Crippen LogP contribution in [0.2, 0.25) is 0 Å². The van der Waals surface area contributed by atoms with E-state index >= 15 is 0 Å². The number of aliphatic imine (C=N–C) groups is 1. The molecule has 0 bridgehead atoms. The van der Waals surface area contributed by atoms with E-state index in [4.69, 9.17) is 9.41 Å². The van der Waals surface area contributed by atoms with Gasteiger partial charge >= 0.3 is 0 Å². The lowest BCUT2D eigenvalue weighted by Crippen LogP contribution is -2.44. The third kappa shape index (κ3) is 5.15. The van der Waals surface area contributed by atoms with Crippen molar-refractivity contribution in [1.29, 1.82) is 0 Å². The Morgan fingerprint density at radius 2 is 1.19 bits per heavy atom. The summed E-state index contributed by atoms with van der Waals surface area (Å²) >= 11 is 1.84. The largest absolute Gasteiger partial charge is 0.454 e. The van der Waals surface area contributed by atoms with Gasteiger partial charge in [0.05, 0.1) is 16.7 Å². The number of rotatable bonds is 5. The van der Waals surface area contributed by atoms with Gasteiger partial charge in [0.25, 0.3) is 0 Å². The molecule has 0 aliphatic carbocycles. The van der Waals surface area contributed by atoms with E-state index in [2.05, 4.69) is 191 Å². The molecule has 2 unspecified atom stereocenters. The number of aromatic nitrogens is 1. The van der Waals surface area contributed by atoms with Crippen LogP contribution in [-0.4, -0.2) is 10.4 Å². The van der Waals surface area contributed by atoms with Gasteiger partial charge in [-0.1, -0.05) is 146 Å². The van der Waals surface area contributed by atoms with E-state index < -0.39 is 0 Å². The maximum Gasteiger partial charge on any atom is 0.159 e. The molecule has 0 saturated carbocycles. The van der Waals surface area contributed by atoms with E-state index in [1.165, 1.54) is 58.7 Å². The zero-order valence-electron chi connectivity index (χ0n) is 30.7. The van der Waals surface area contributed by atoms with Crippen molar-refractivity contribution in [2.45, 2.75) is 12.3 Å². The first-order chi connectivity index (χ1) is 28.2. The molecule has 3 aromatic heterocycles. The Bertz CT molecular complexity index is 3320. The van der Waals surface area contributed by atoms with Gasteiger partial charge in [0.1, 0.15) is 23.8 Å². The third-order valence-electron chi connectivity index (χ3n) is 11.5. The molecular weight excluding hydrogens is 717 g/mol. The topological polar surface area (TPSA) is 54.5 Å². The summed E-state index contributed by atoms with van der Waals surface area (Å²) in [4.78, 5) is 5.21. The molecule has 12 rings (SSSR count). The van der Waals surface area contributed by atoms with Gasteiger partial charge in [0.15, 0.2) is 5.58 Å². The highest BCUT2D eigenvalue weighted by Gasteiger charge is 2.26. The molecule has 0 fully saturated rings. The highest BCUT2D eigenvalue weighted by molar-refractivity contribution is 7.26. The molecule has 0 saturated heterocycles. The van der Waals surface area contributed by atoms with Crippen LogP contribution in [0.3, 0.4) is 0 Å². The van der Waals surface area contributed by atoms with Crippen LogP contribution in [0.4, 0.5) is 0 Å². The van der Waals surface area contributed by atoms with Gasteiger partial charge < -0.3 is 14.3 Å². The molecular formula is C51H34N4OS. The zero-order valence-corrected chi connectivity index (χ0v) is 31.5. The Labute approximate surface area is 332 Å². The molecule has 57 heavy (non-hydrogen) atoms. The molecule has 4 heterocycles. The molecule has 5 nitrogen and oxygen atoms in total. The average molecular weight is 751 g/mol. The normalized spacial score (nSPS) is 15.9. The second-order valence-electron chi connectivity index (χ2n) is 14.8. The van der Waals surface area contributed by atoms with Crippen molar-refractivity contribution in [2.75, 3.05) is 0 Å². The summed E-state index contributed by atoms with van der Waals surface area (Å²) in [6.07, 6.45) is -0.259. The van der Waals surface area contributed by atoms with Crippen molar-refractivity contribution in [2.24, 2.45) is 4.99 Å². The minimum absolute atomic E-state index is 0.0828. The number of amidine groups is 1. The second-order valence-corrected chi connectivity index (χ2v) is 15.8. The summed E-state index contributed by atoms with van der Waals surface area (Å²) in [5, 5.41) is 14.6. The van der Waals surface area contributed by atoms with Gasteiger partial charge in [-0.25, -0.2) is 4.99 Å². The van der Waals surface area contributed by atoms with Gasteiger partial charge in [0, 0.05) is 47.3 Å². The molecule has 6 heteroatoms. The quantitative estimate of drug-likeness (QED) is 0.184. The van der Waals surface area contributed by atoms with Crippen LogP contribution in [-0.2, 0) is 0 Å². The Hall–Kier alpha value is -6.99. The Morgan fingerprint density at radius 1 is 0.526 bits per heavy atom. The van der Waals surface area contributed by atoms with Crippen molar-refractivity contribution in [3.05, 3.63) is 199 Å². The van der Waals surface area contributed by atoms with Crippen molar-refractivity contribution in [1.82, 2.24) is 15.2 Å². The van der Waals surface area contributed by atoms with Crippen molar-refractivity contribution < 1.29 is 4.42 Å². The number of para-hydroxylation sites is 3. The predicted octanol–water partition coefficient (Wildman–Crippen LogP) is 13.1. The van der Waals surface area contributed by atoms with E-state index in [9.17, 15) is 0 Å². The number of fused-ring (bicyclic) bond motifs is 9. The van der Waals surface area contributed by atoms with Crippen LogP contribution < -0.4 is 10.6 Å². The molecule has 0 spiro atoms. The van der Waals surface area contributed by atoms with Crippen molar-refractivity contribution in [3.8, 4) is 16.8 Å². The molecule has 2 atom stereocenters. The summed E-state index contributed by atoms with van der Waals surface area (Å²) in [5.41, 5.74) is 10.9. The monoisotopic (exact) mass is 750 g/mol. The maximum atomic E-state index is 6.73. The van der Waals surface area contributed by atoms with Gasteiger partial charge in [-0.05, 0) is 58.7 Å². The minimum atomic E-state index is -0.177. The second kappa shape index (κ2) is 12.8. The third-order valence-corrected chi connectivity index (χ3v) is 12.7. The maximum absolute atomic E-state index is 6.73. The summed E-state index contributed by atoms with van der Waals surface area (Å²) in [7, 11) is 0. The number of thiophene rings is 1. The molecule has 270 valence electrons. The number of hydrogen-bond donors (Lipinski definition) is 2. The number of furan rings is 1. The van der Waals surface area contributed by atoms with Crippen LogP contribution in [0.5, 0.6) is 0 Å². The Balaban J connectivity index is 0.963. The van der Waals surface area contributed by atoms with Crippen LogP contribution in [0, 0.1) is 0 Å². The molecule has 2 N–H and O–H groups in total. The first-order valence-electron chi connectivity index (χ1n) is 19.4. The SMILES string of the molecule is c1ccc(C2N=C(c3ccc4c(c3)sc3c(-c5ccc6oc7c(-n8c9ccccc9c9ccccc98)cccc7c6c5)cccc34)NC(c3ccccc3)N2)cc1. The fourth-order valence-corrected chi connectivity index (χ4v) is 10.1. The van der Waals surface area contributed by atoms with E-state index in [0.717, 1.165) is 44.6 Å². The van der Waals surface area contributed by atoms with Crippen LogP contribution in [0.1, 0.15) is 29.0 Å². The summed E-state index contributed by atoms with van der Waals surface area (Å²) in [6, 6.07) is 64.9. The Kier molecular flexibility index (Phi) is 7.24. The molecule has 8 aromatic carbocycles. The summed E-state index contributed by atoms with van der Waals surface area (Å²) in [5.74, 6) is 0.883. The summed E-state index contributed by atoms with van der Waals surface area (Å²) < 4.78 is 11.6. The average Bonchev–Trinajstić information content (AvgIpc) is 3.96. The molecule has 1 aliphatic heterocycles. The van der Waals surface area contributed by atoms with Gasteiger partial charge in [-0.15, -0.1) is 11.3 Å². The lowest BCUT2D eigenvalue weighted by Gasteiger charge is -2.32. The first-order valence-corrected chi connectivity index (χ1v) is 20.2. The highest BCUT2D eigenvalue weighted by atomic mass is 32.1. The fraction of sp³-hybridized carbons (Fsp3) is 0.0392. The molecule has 11 aromatic rings. The Morgan fingerprint density at radius 3 is 1.98 bits per heavy atom. The van der Waals surface area contributed by atoms with Gasteiger partial charge in [-0.3, -0.25) is 5.32 Å². The van der Waals surface area contributed by atoms with Crippen LogP contribution in [0.15, 0.2) is 191 Å². The van der Waals surface area contributed by atoms with E-state index in [1.54, 1.807) is 0 Å². The van der Waals surface area contributed by atoms with E-state index in [-0.39, 0.29) is 12.3 Å². The van der Waals surface area contributed by atoms with Gasteiger partial charge in [-0.2, -0.15) is 0 Å². The molecule has 0 radical (unpaired) electrons. The lowest BCUT2D eigenvalue weighted by molar-refractivity contribution is 0.409. The zero-order chi connectivity index (χ0) is 37.5. The smallest absolute Gasteiger partial charge is 0.159 e. The lowest BCUT2D eigenvalue weighted by atomic mass is 10.00. The number of hydrogen-bond acceptors (Lipinski definition) is 5. The van der Waals surface area contributed by atoms with E-state index in [0.29, 0.717) is 0 Å². The highest BCUT2D eigenvalue weighted by Crippen LogP contribution is 2.43. The number of benzene rings is 8. The van der Waals surface area contributed by atoms with Crippen LogP contribution >= 0.6 is 11.3 Å². The minimum Gasteiger partial charge on any atom is -0.454 e. The van der Waals surface area contributed by atoms with Crippen LogP contribution in [0.25, 0.3) is 80.7 Å². The van der Waals surface area contributed by atoms with Crippen molar-refractivity contribution >= 4 is 81.1 Å². The first kappa shape index (κ1) is 32.3. The molecule has 1 aliphatic rings. The summed E-state index contributed by atoms with van der Waals surface area (Å²) in [6.45, 7) is 0. The predicted molar refractivity (Wildman–Crippen MR) is 238 cm³/mol.